The van der Waals surface area contributed by atoms with Crippen LogP contribution in [0, 0.1) is 21.4 Å². The molecule has 23 heavy (non-hydrogen) atoms. The molecule has 0 saturated carbocycles. The number of esters is 1. The molecular weight excluding hydrogens is 304 g/mol. The molecule has 0 fully saturated rings. The van der Waals surface area contributed by atoms with Gasteiger partial charge in [0, 0.05) is 17.8 Å². The van der Waals surface area contributed by atoms with Crippen molar-refractivity contribution in [1.82, 2.24) is 4.57 Å². The van der Waals surface area contributed by atoms with E-state index in [1.165, 1.54) is 24.4 Å². The SMILES string of the molecule is COC(=O)c1c(N)c(C#N)cn1-c1c(CO)cccc1[N+](=O)[O-]. The average molecular weight is 316 g/mol. The minimum Gasteiger partial charge on any atom is -0.464 e. The molecule has 0 radical (unpaired) electrons. The van der Waals surface area contributed by atoms with Gasteiger partial charge in [-0.05, 0) is 0 Å². The Morgan fingerprint density at radius 1 is 1.57 bits per heavy atom. The molecule has 1 heterocycles. The second kappa shape index (κ2) is 6.17. The predicted molar refractivity (Wildman–Crippen MR) is 78.8 cm³/mol. The number of nitrogens with zero attached hydrogens (tertiary/aromatic N) is 3. The Balaban J connectivity index is 2.90. The fourth-order valence-electron chi connectivity index (χ4n) is 2.22. The van der Waals surface area contributed by atoms with Gasteiger partial charge in [-0.15, -0.1) is 0 Å². The van der Waals surface area contributed by atoms with Crippen molar-refractivity contribution in [2.45, 2.75) is 6.61 Å². The van der Waals surface area contributed by atoms with Gasteiger partial charge in [0.25, 0.3) is 5.69 Å². The highest BCUT2D eigenvalue weighted by Gasteiger charge is 2.27. The lowest BCUT2D eigenvalue weighted by Gasteiger charge is -2.12. The van der Waals surface area contributed by atoms with Crippen LogP contribution in [0.4, 0.5) is 11.4 Å². The van der Waals surface area contributed by atoms with Crippen LogP contribution in [0.3, 0.4) is 0 Å². The number of hydrogen-bond acceptors (Lipinski definition) is 7. The lowest BCUT2D eigenvalue weighted by molar-refractivity contribution is -0.384. The molecule has 2 aromatic rings. The molecule has 0 aliphatic heterocycles. The first-order valence-electron chi connectivity index (χ1n) is 6.33. The first-order valence-corrected chi connectivity index (χ1v) is 6.33. The largest absolute Gasteiger partial charge is 0.464 e. The van der Waals surface area contributed by atoms with Crippen LogP contribution in [0.1, 0.15) is 21.6 Å². The number of nitro benzene ring substituents is 1. The summed E-state index contributed by atoms with van der Waals surface area (Å²) in [6, 6.07) is 5.89. The van der Waals surface area contributed by atoms with E-state index in [1.807, 2.05) is 0 Å². The Hall–Kier alpha value is -3.38. The van der Waals surface area contributed by atoms with Crippen molar-refractivity contribution < 1.29 is 19.6 Å². The van der Waals surface area contributed by atoms with Gasteiger partial charge in [-0.25, -0.2) is 4.79 Å². The van der Waals surface area contributed by atoms with Crippen molar-refractivity contribution in [1.29, 1.82) is 5.26 Å². The van der Waals surface area contributed by atoms with E-state index in [0.717, 1.165) is 11.7 Å². The predicted octanol–water partition coefficient (Wildman–Crippen LogP) is 1.12. The van der Waals surface area contributed by atoms with Gasteiger partial charge in [-0.1, -0.05) is 12.1 Å². The summed E-state index contributed by atoms with van der Waals surface area (Å²) in [5.41, 5.74) is 5.17. The monoisotopic (exact) mass is 316 g/mol. The Kier molecular flexibility index (Phi) is 4.29. The topological polar surface area (TPSA) is 144 Å². The van der Waals surface area contributed by atoms with E-state index >= 15 is 0 Å². The fourth-order valence-corrected chi connectivity index (χ4v) is 2.22. The van der Waals surface area contributed by atoms with E-state index in [0.29, 0.717) is 0 Å². The zero-order valence-corrected chi connectivity index (χ0v) is 12.0. The number of methoxy groups -OCH3 is 1. The molecular formula is C14H12N4O5. The van der Waals surface area contributed by atoms with E-state index in [1.54, 1.807) is 6.07 Å². The molecule has 3 N–H and O–H groups in total. The first kappa shape index (κ1) is 16.0. The number of para-hydroxylation sites is 1. The number of aromatic nitrogens is 1. The molecule has 1 aromatic carbocycles. The number of nitrogens with two attached hydrogens (primary N) is 1. The zero-order valence-electron chi connectivity index (χ0n) is 12.0. The van der Waals surface area contributed by atoms with Crippen LogP contribution in [-0.4, -0.2) is 27.7 Å². The second-order valence-electron chi connectivity index (χ2n) is 4.48. The minimum absolute atomic E-state index is 0.0348. The van der Waals surface area contributed by atoms with Crippen molar-refractivity contribution in [3.63, 3.8) is 0 Å². The number of anilines is 1. The van der Waals surface area contributed by atoms with Gasteiger partial charge in [0.15, 0.2) is 5.69 Å². The Labute approximate surface area is 130 Å². The third-order valence-corrected chi connectivity index (χ3v) is 3.25. The summed E-state index contributed by atoms with van der Waals surface area (Å²) < 4.78 is 5.73. The second-order valence-corrected chi connectivity index (χ2v) is 4.48. The molecule has 2 rings (SSSR count). The van der Waals surface area contributed by atoms with E-state index in [2.05, 4.69) is 4.74 Å². The molecule has 0 unspecified atom stereocenters. The average Bonchev–Trinajstić information content (AvgIpc) is 2.89. The number of nitrogen functional groups attached to an aromatic ring is 1. The summed E-state index contributed by atoms with van der Waals surface area (Å²) in [6.45, 7) is -0.502. The normalized spacial score (nSPS) is 10.1. The van der Waals surface area contributed by atoms with Crippen molar-refractivity contribution in [2.24, 2.45) is 0 Å². The highest BCUT2D eigenvalue weighted by molar-refractivity contribution is 5.96. The van der Waals surface area contributed by atoms with Gasteiger partial charge in [0.2, 0.25) is 0 Å². The van der Waals surface area contributed by atoms with E-state index in [4.69, 9.17) is 11.0 Å². The van der Waals surface area contributed by atoms with Crippen LogP contribution in [0.25, 0.3) is 5.69 Å². The quantitative estimate of drug-likeness (QED) is 0.488. The smallest absolute Gasteiger partial charge is 0.357 e. The number of carbonyl (C=O) groups excluding carboxylic acids is 1. The lowest BCUT2D eigenvalue weighted by Crippen LogP contribution is -2.13. The summed E-state index contributed by atoms with van der Waals surface area (Å²) in [5.74, 6) is -0.856. The molecule has 9 nitrogen and oxygen atoms in total. The van der Waals surface area contributed by atoms with Gasteiger partial charge in [-0.3, -0.25) is 10.1 Å². The third kappa shape index (κ3) is 2.58. The Morgan fingerprint density at radius 3 is 2.78 bits per heavy atom. The zero-order chi connectivity index (χ0) is 17.1. The first-order chi connectivity index (χ1) is 11.0. The van der Waals surface area contributed by atoms with E-state index in [-0.39, 0.29) is 33.9 Å². The summed E-state index contributed by atoms with van der Waals surface area (Å²) in [5, 5.41) is 29.8. The molecule has 0 aliphatic rings. The van der Waals surface area contributed by atoms with Crippen molar-refractivity contribution >= 4 is 17.3 Å². The van der Waals surface area contributed by atoms with Crippen molar-refractivity contribution in [2.75, 3.05) is 12.8 Å². The highest BCUT2D eigenvalue weighted by atomic mass is 16.6. The molecule has 1 aromatic heterocycles. The third-order valence-electron chi connectivity index (χ3n) is 3.25. The molecule has 0 atom stereocenters. The van der Waals surface area contributed by atoms with Gasteiger partial charge >= 0.3 is 5.97 Å². The molecule has 9 heteroatoms. The maximum Gasteiger partial charge on any atom is 0.357 e. The molecule has 0 spiro atoms. The minimum atomic E-state index is -0.856. The molecule has 0 aliphatic carbocycles. The maximum absolute atomic E-state index is 12.0. The Morgan fingerprint density at radius 2 is 2.26 bits per heavy atom. The van der Waals surface area contributed by atoms with Gasteiger partial charge < -0.3 is 20.1 Å². The van der Waals surface area contributed by atoms with Crippen LogP contribution in [0.15, 0.2) is 24.4 Å². The molecule has 0 amide bonds. The van der Waals surface area contributed by atoms with Gasteiger partial charge in [0.05, 0.1) is 29.9 Å². The molecule has 0 bridgehead atoms. The number of aliphatic hydroxyl groups is 1. The standard InChI is InChI=1S/C14H12N4O5/c1-23-14(20)13-11(16)9(5-15)6-17(13)12-8(7-19)3-2-4-10(12)18(21)22/h2-4,6,19H,7,16H2,1H3. The maximum atomic E-state index is 12.0. The van der Waals surface area contributed by atoms with E-state index < -0.39 is 17.5 Å². The number of carbonyl (C=O) groups is 1. The van der Waals surface area contributed by atoms with Crippen LogP contribution >= 0.6 is 0 Å². The number of hydrogen-bond donors (Lipinski definition) is 2. The Bertz CT molecular complexity index is 834. The highest BCUT2D eigenvalue weighted by Crippen LogP contribution is 2.32. The number of aliphatic hydroxyl groups excluding tert-OH is 1. The number of rotatable bonds is 4. The van der Waals surface area contributed by atoms with Gasteiger partial charge in [0.1, 0.15) is 11.8 Å². The van der Waals surface area contributed by atoms with E-state index in [9.17, 15) is 20.0 Å². The fraction of sp³-hybridized carbons (Fsp3) is 0.143. The number of benzene rings is 1. The molecule has 118 valence electrons. The van der Waals surface area contributed by atoms with Crippen LogP contribution < -0.4 is 5.73 Å². The van der Waals surface area contributed by atoms with Crippen LogP contribution in [0.2, 0.25) is 0 Å². The van der Waals surface area contributed by atoms with Gasteiger partial charge in [-0.2, -0.15) is 5.26 Å². The summed E-state index contributed by atoms with van der Waals surface area (Å²) in [6.07, 6.45) is 1.20. The van der Waals surface area contributed by atoms with Crippen molar-refractivity contribution in [3.8, 4) is 11.8 Å². The lowest BCUT2D eigenvalue weighted by atomic mass is 10.1. The number of nitro groups is 1. The number of ether oxygens (including phenoxy) is 1. The summed E-state index contributed by atoms with van der Waals surface area (Å²) >= 11 is 0. The van der Waals surface area contributed by atoms with Crippen LogP contribution in [-0.2, 0) is 11.3 Å². The number of nitriles is 1. The summed E-state index contributed by atoms with van der Waals surface area (Å²) in [4.78, 5) is 22.6. The van der Waals surface area contributed by atoms with Crippen LogP contribution in [0.5, 0.6) is 0 Å². The molecule has 0 saturated heterocycles. The summed E-state index contributed by atoms with van der Waals surface area (Å²) in [7, 11) is 1.12. The van der Waals surface area contributed by atoms with Crippen molar-refractivity contribution in [3.05, 3.63) is 51.3 Å².